The van der Waals surface area contributed by atoms with E-state index in [9.17, 15) is 18.0 Å². The Bertz CT molecular complexity index is 1200. The Morgan fingerprint density at radius 2 is 1.76 bits per heavy atom. The Morgan fingerprint density at radius 1 is 1.12 bits per heavy atom. The molecule has 1 atom stereocenters. The van der Waals surface area contributed by atoms with Crippen molar-refractivity contribution in [2.75, 3.05) is 6.54 Å². The van der Waals surface area contributed by atoms with Crippen LogP contribution < -0.4 is 19.9 Å². The molecular formula is C24H30N2O6S. The third kappa shape index (κ3) is 5.20. The summed E-state index contributed by atoms with van der Waals surface area (Å²) < 4.78 is 34.4. The lowest BCUT2D eigenvalue weighted by atomic mass is 9.86. The Kier molecular flexibility index (Phi) is 6.85. The summed E-state index contributed by atoms with van der Waals surface area (Å²) in [4.78, 5) is 24.6. The number of fused-ring (bicyclic) bond motifs is 1. The van der Waals surface area contributed by atoms with Crippen molar-refractivity contribution in [3.05, 3.63) is 52.1 Å². The standard InChI is InChI=1S/C24H30N2O6S/c1-14-15(2)22-20(16(3)21(14)31-17(4)27)10-12-24(5,32-22)23(28)26-13-11-18-6-8-19(9-7-18)33(25,29)30/h6-9H,10-13H2,1-5H3,(H,26,28)(H2,25,29,30). The van der Waals surface area contributed by atoms with Gasteiger partial charge in [-0.1, -0.05) is 12.1 Å². The van der Waals surface area contributed by atoms with Gasteiger partial charge in [0.25, 0.3) is 5.91 Å². The van der Waals surface area contributed by atoms with Crippen LogP contribution in [0.4, 0.5) is 0 Å². The summed E-state index contributed by atoms with van der Waals surface area (Å²) in [7, 11) is -3.73. The maximum absolute atomic E-state index is 13.0. The summed E-state index contributed by atoms with van der Waals surface area (Å²) in [6, 6.07) is 6.26. The summed E-state index contributed by atoms with van der Waals surface area (Å²) in [5.74, 6) is 0.640. The van der Waals surface area contributed by atoms with Crippen LogP contribution >= 0.6 is 0 Å². The van der Waals surface area contributed by atoms with Crippen LogP contribution in [0.1, 0.15) is 48.1 Å². The van der Waals surface area contributed by atoms with E-state index in [-0.39, 0.29) is 16.8 Å². The Morgan fingerprint density at radius 3 is 2.33 bits per heavy atom. The molecule has 0 spiro atoms. The second-order valence-electron chi connectivity index (χ2n) is 8.63. The topological polar surface area (TPSA) is 125 Å². The van der Waals surface area contributed by atoms with Crippen molar-refractivity contribution in [3.8, 4) is 11.5 Å². The highest BCUT2D eigenvalue weighted by molar-refractivity contribution is 7.89. The van der Waals surface area contributed by atoms with Crippen molar-refractivity contribution in [1.82, 2.24) is 5.32 Å². The molecule has 178 valence electrons. The van der Waals surface area contributed by atoms with Crippen LogP contribution in [-0.4, -0.2) is 32.4 Å². The first-order valence-electron chi connectivity index (χ1n) is 10.7. The van der Waals surface area contributed by atoms with E-state index in [0.29, 0.717) is 37.3 Å². The summed E-state index contributed by atoms with van der Waals surface area (Å²) in [5.41, 5.74) is 3.32. The van der Waals surface area contributed by atoms with E-state index in [1.54, 1.807) is 19.1 Å². The van der Waals surface area contributed by atoms with Crippen LogP contribution in [-0.2, 0) is 32.5 Å². The van der Waals surface area contributed by atoms with Crippen molar-refractivity contribution in [3.63, 3.8) is 0 Å². The number of rotatable bonds is 6. The van der Waals surface area contributed by atoms with E-state index < -0.39 is 15.6 Å². The van der Waals surface area contributed by atoms with Crippen LogP contribution in [0.25, 0.3) is 0 Å². The second kappa shape index (κ2) is 9.15. The van der Waals surface area contributed by atoms with Crippen molar-refractivity contribution in [2.24, 2.45) is 5.14 Å². The molecular weight excluding hydrogens is 444 g/mol. The molecule has 0 aromatic heterocycles. The predicted octanol–water partition coefficient (Wildman–Crippen LogP) is 2.63. The first-order valence-corrected chi connectivity index (χ1v) is 12.3. The highest BCUT2D eigenvalue weighted by atomic mass is 32.2. The zero-order valence-corrected chi connectivity index (χ0v) is 20.4. The van der Waals surface area contributed by atoms with Crippen molar-refractivity contribution >= 4 is 21.9 Å². The second-order valence-corrected chi connectivity index (χ2v) is 10.2. The summed E-state index contributed by atoms with van der Waals surface area (Å²) in [6.45, 7) is 9.20. The maximum Gasteiger partial charge on any atom is 0.308 e. The molecule has 1 unspecified atom stereocenters. The molecule has 0 fully saturated rings. The zero-order chi connectivity index (χ0) is 24.6. The Labute approximate surface area is 194 Å². The van der Waals surface area contributed by atoms with E-state index in [0.717, 1.165) is 27.8 Å². The van der Waals surface area contributed by atoms with Crippen LogP contribution in [0, 0.1) is 20.8 Å². The number of nitrogens with one attached hydrogen (secondary N) is 1. The Hall–Kier alpha value is -2.91. The third-order valence-corrected chi connectivity index (χ3v) is 7.10. The van der Waals surface area contributed by atoms with Gasteiger partial charge >= 0.3 is 5.97 Å². The number of carbonyl (C=O) groups excluding carboxylic acids is 2. The molecule has 33 heavy (non-hydrogen) atoms. The minimum atomic E-state index is -3.73. The molecule has 0 aliphatic carbocycles. The molecule has 0 saturated carbocycles. The molecule has 0 bridgehead atoms. The molecule has 1 heterocycles. The van der Waals surface area contributed by atoms with Gasteiger partial charge in [0.2, 0.25) is 10.0 Å². The van der Waals surface area contributed by atoms with E-state index in [1.165, 1.54) is 19.1 Å². The first-order chi connectivity index (χ1) is 15.3. The highest BCUT2D eigenvalue weighted by Crippen LogP contribution is 2.43. The number of carbonyl (C=O) groups is 2. The van der Waals surface area contributed by atoms with Crippen molar-refractivity contribution in [2.45, 2.75) is 64.4 Å². The SMILES string of the molecule is CC(=O)Oc1c(C)c(C)c2c(c1C)CCC(C)(C(=O)NCCc1ccc(S(N)(=O)=O)cc1)O2. The summed E-state index contributed by atoms with van der Waals surface area (Å²) in [5, 5.41) is 8.04. The van der Waals surface area contributed by atoms with Gasteiger partial charge in [-0.15, -0.1) is 0 Å². The molecule has 2 aromatic carbocycles. The van der Waals surface area contributed by atoms with E-state index >= 15 is 0 Å². The van der Waals surface area contributed by atoms with Gasteiger partial charge in [-0.2, -0.15) is 0 Å². The van der Waals surface area contributed by atoms with Crippen LogP contribution in [0.15, 0.2) is 29.2 Å². The van der Waals surface area contributed by atoms with Gasteiger partial charge in [0.05, 0.1) is 4.90 Å². The molecule has 1 amide bonds. The Balaban J connectivity index is 1.70. The minimum absolute atomic E-state index is 0.0508. The lowest BCUT2D eigenvalue weighted by Gasteiger charge is -2.37. The van der Waals surface area contributed by atoms with E-state index in [4.69, 9.17) is 14.6 Å². The van der Waals surface area contributed by atoms with Gasteiger partial charge in [-0.05, 0) is 74.9 Å². The number of hydrogen-bond acceptors (Lipinski definition) is 6. The summed E-state index contributed by atoms with van der Waals surface area (Å²) in [6.07, 6.45) is 1.64. The average molecular weight is 475 g/mol. The number of esters is 1. The molecule has 9 heteroatoms. The maximum atomic E-state index is 13.0. The smallest absolute Gasteiger partial charge is 0.308 e. The van der Waals surface area contributed by atoms with Gasteiger partial charge in [-0.3, -0.25) is 9.59 Å². The minimum Gasteiger partial charge on any atom is -0.477 e. The van der Waals surface area contributed by atoms with Crippen LogP contribution in [0.5, 0.6) is 11.5 Å². The van der Waals surface area contributed by atoms with Crippen molar-refractivity contribution < 1.29 is 27.5 Å². The number of hydrogen-bond donors (Lipinski definition) is 2. The largest absolute Gasteiger partial charge is 0.477 e. The van der Waals surface area contributed by atoms with Gasteiger partial charge in [0.1, 0.15) is 11.5 Å². The number of benzene rings is 2. The zero-order valence-electron chi connectivity index (χ0n) is 19.6. The molecule has 3 rings (SSSR count). The molecule has 8 nitrogen and oxygen atoms in total. The number of nitrogens with two attached hydrogens (primary N) is 1. The fraction of sp³-hybridized carbons (Fsp3) is 0.417. The predicted molar refractivity (Wildman–Crippen MR) is 124 cm³/mol. The molecule has 1 aliphatic heterocycles. The number of sulfonamides is 1. The number of ether oxygens (including phenoxy) is 2. The van der Waals surface area contributed by atoms with Gasteiger partial charge in [0, 0.05) is 25.5 Å². The third-order valence-electron chi connectivity index (χ3n) is 6.17. The van der Waals surface area contributed by atoms with Gasteiger partial charge in [-0.25, -0.2) is 13.6 Å². The van der Waals surface area contributed by atoms with Crippen molar-refractivity contribution in [1.29, 1.82) is 0 Å². The molecule has 0 radical (unpaired) electrons. The highest BCUT2D eigenvalue weighted by Gasteiger charge is 2.40. The van der Waals surface area contributed by atoms with E-state index in [1.807, 2.05) is 20.8 Å². The average Bonchev–Trinajstić information content (AvgIpc) is 2.74. The summed E-state index contributed by atoms with van der Waals surface area (Å²) >= 11 is 0. The monoisotopic (exact) mass is 474 g/mol. The molecule has 1 aliphatic rings. The van der Waals surface area contributed by atoms with Gasteiger partial charge in [0.15, 0.2) is 5.60 Å². The molecule has 2 aromatic rings. The molecule has 3 N–H and O–H groups in total. The fourth-order valence-electron chi connectivity index (χ4n) is 4.04. The van der Waals surface area contributed by atoms with Crippen LogP contribution in [0.2, 0.25) is 0 Å². The van der Waals surface area contributed by atoms with Crippen LogP contribution in [0.3, 0.4) is 0 Å². The van der Waals surface area contributed by atoms with Gasteiger partial charge < -0.3 is 14.8 Å². The fourth-order valence-corrected chi connectivity index (χ4v) is 4.56. The number of primary sulfonamides is 1. The number of amides is 1. The lowest BCUT2D eigenvalue weighted by molar-refractivity contribution is -0.136. The molecule has 0 saturated heterocycles. The normalized spacial score (nSPS) is 17.6. The lowest BCUT2D eigenvalue weighted by Crippen LogP contribution is -2.51. The first kappa shape index (κ1) is 24.7. The van der Waals surface area contributed by atoms with E-state index in [2.05, 4.69) is 5.32 Å². The quantitative estimate of drug-likeness (QED) is 0.490.